The van der Waals surface area contributed by atoms with Crippen LogP contribution >= 0.6 is 0 Å². The van der Waals surface area contributed by atoms with Crippen LogP contribution in [0.25, 0.3) is 11.0 Å². The monoisotopic (exact) mass is 374 g/mol. The summed E-state index contributed by atoms with van der Waals surface area (Å²) in [5, 5.41) is 0. The van der Waals surface area contributed by atoms with E-state index in [-0.39, 0.29) is 17.9 Å². The summed E-state index contributed by atoms with van der Waals surface area (Å²) in [6.07, 6.45) is 5.47. The van der Waals surface area contributed by atoms with Crippen LogP contribution in [0.1, 0.15) is 57.0 Å². The molecular weight excluding hydrogens is 352 g/mol. The summed E-state index contributed by atoms with van der Waals surface area (Å²) in [6, 6.07) is 11.6. The molecule has 2 atom stereocenters. The van der Waals surface area contributed by atoms with Gasteiger partial charge in [-0.25, -0.2) is 4.98 Å². The molecule has 2 heterocycles. The Morgan fingerprint density at radius 3 is 2.82 bits per heavy atom. The van der Waals surface area contributed by atoms with Gasteiger partial charge in [0.05, 0.1) is 17.4 Å². The van der Waals surface area contributed by atoms with Crippen LogP contribution in [-0.2, 0) is 6.42 Å². The van der Waals surface area contributed by atoms with Crippen LogP contribution < -0.4 is 5.73 Å². The zero-order chi connectivity index (χ0) is 19.3. The van der Waals surface area contributed by atoms with Crippen molar-refractivity contribution < 1.29 is 9.59 Å². The van der Waals surface area contributed by atoms with Gasteiger partial charge >= 0.3 is 0 Å². The molecule has 6 heteroatoms. The third kappa shape index (κ3) is 2.68. The van der Waals surface area contributed by atoms with Gasteiger partial charge in [-0.1, -0.05) is 6.07 Å². The molecule has 3 aromatic rings. The fraction of sp³-hybridized carbons (Fsp3) is 0.318. The Balaban J connectivity index is 1.46. The first-order chi connectivity index (χ1) is 13.6. The highest BCUT2D eigenvalue weighted by Gasteiger charge is 2.38. The fourth-order valence-corrected chi connectivity index (χ4v) is 4.90. The minimum absolute atomic E-state index is 0.0865. The predicted octanol–water partition coefficient (Wildman–Crippen LogP) is 3.00. The number of hydrogen-bond acceptors (Lipinski definition) is 3. The quantitative estimate of drug-likeness (QED) is 0.722. The number of carbonyl (C=O) groups excluding carboxylic acids is 2. The number of rotatable bonds is 2. The van der Waals surface area contributed by atoms with Crippen molar-refractivity contribution in [2.75, 3.05) is 6.54 Å². The summed E-state index contributed by atoms with van der Waals surface area (Å²) in [7, 11) is 0. The first-order valence-corrected chi connectivity index (χ1v) is 9.78. The number of amides is 2. The molecule has 2 amide bonds. The van der Waals surface area contributed by atoms with Gasteiger partial charge in [0, 0.05) is 29.6 Å². The lowest BCUT2D eigenvalue weighted by atomic mass is 9.73. The zero-order valence-corrected chi connectivity index (χ0v) is 15.5. The minimum Gasteiger partial charge on any atom is -0.366 e. The van der Waals surface area contributed by atoms with Gasteiger partial charge in [-0.05, 0) is 67.1 Å². The van der Waals surface area contributed by atoms with E-state index in [1.165, 1.54) is 11.1 Å². The van der Waals surface area contributed by atoms with E-state index in [0.717, 1.165) is 43.3 Å². The molecular formula is C22H22N4O2. The topological polar surface area (TPSA) is 92.1 Å². The lowest BCUT2D eigenvalue weighted by molar-refractivity contribution is 0.0547. The number of carbonyl (C=O) groups is 2. The Labute approximate surface area is 162 Å². The van der Waals surface area contributed by atoms with Gasteiger partial charge in [0.15, 0.2) is 0 Å². The van der Waals surface area contributed by atoms with Crippen molar-refractivity contribution in [3.8, 4) is 0 Å². The number of H-pyrrole nitrogens is 1. The van der Waals surface area contributed by atoms with Crippen LogP contribution in [0.5, 0.6) is 0 Å². The second-order valence-corrected chi connectivity index (χ2v) is 7.77. The van der Waals surface area contributed by atoms with Crippen molar-refractivity contribution in [1.82, 2.24) is 14.9 Å². The van der Waals surface area contributed by atoms with E-state index >= 15 is 0 Å². The molecule has 0 unspecified atom stereocenters. The van der Waals surface area contributed by atoms with Crippen LogP contribution in [0.3, 0.4) is 0 Å². The molecule has 5 rings (SSSR count). The molecule has 2 aliphatic rings. The van der Waals surface area contributed by atoms with Gasteiger partial charge in [-0.15, -0.1) is 0 Å². The molecule has 3 N–H and O–H groups in total. The highest BCUT2D eigenvalue weighted by molar-refractivity contribution is 5.97. The molecule has 28 heavy (non-hydrogen) atoms. The largest absolute Gasteiger partial charge is 0.366 e. The van der Waals surface area contributed by atoms with Crippen LogP contribution in [0.4, 0.5) is 0 Å². The van der Waals surface area contributed by atoms with Crippen LogP contribution in [0, 0.1) is 0 Å². The molecule has 1 aromatic heterocycles. The van der Waals surface area contributed by atoms with Gasteiger partial charge in [0.25, 0.3) is 5.91 Å². The van der Waals surface area contributed by atoms with Crippen molar-refractivity contribution in [3.05, 3.63) is 65.0 Å². The molecule has 1 saturated heterocycles. The number of aryl methyl sites for hydroxylation is 1. The molecule has 0 bridgehead atoms. The van der Waals surface area contributed by atoms with Crippen molar-refractivity contribution >= 4 is 22.8 Å². The summed E-state index contributed by atoms with van der Waals surface area (Å²) >= 11 is 0. The van der Waals surface area contributed by atoms with E-state index in [1.807, 2.05) is 36.4 Å². The van der Waals surface area contributed by atoms with Crippen LogP contribution in [0.15, 0.2) is 42.7 Å². The number of piperidine rings is 1. The highest BCUT2D eigenvalue weighted by atomic mass is 16.2. The van der Waals surface area contributed by atoms with E-state index < -0.39 is 0 Å². The number of nitrogens with zero attached hydrogens (tertiary/aromatic N) is 2. The van der Waals surface area contributed by atoms with Crippen LogP contribution in [0.2, 0.25) is 0 Å². The Hall–Kier alpha value is -3.15. The molecule has 2 aromatic carbocycles. The summed E-state index contributed by atoms with van der Waals surface area (Å²) < 4.78 is 0. The Morgan fingerprint density at radius 1 is 1.11 bits per heavy atom. The first-order valence-electron chi connectivity index (χ1n) is 9.78. The maximum absolute atomic E-state index is 13.3. The number of likely N-dealkylation sites (tertiary alicyclic amines) is 1. The summed E-state index contributed by atoms with van der Waals surface area (Å²) in [6.45, 7) is 0.787. The average Bonchev–Trinajstić information content (AvgIpc) is 3.20. The van der Waals surface area contributed by atoms with E-state index in [0.29, 0.717) is 17.0 Å². The van der Waals surface area contributed by atoms with Crippen LogP contribution in [-0.4, -0.2) is 39.3 Å². The average molecular weight is 374 g/mol. The Kier molecular flexibility index (Phi) is 3.93. The predicted molar refractivity (Wildman–Crippen MR) is 106 cm³/mol. The summed E-state index contributed by atoms with van der Waals surface area (Å²) in [5.41, 5.74) is 10.9. The molecule has 0 saturated carbocycles. The van der Waals surface area contributed by atoms with E-state index in [1.54, 1.807) is 6.33 Å². The number of imidazole rings is 1. The van der Waals surface area contributed by atoms with Crippen molar-refractivity contribution in [3.63, 3.8) is 0 Å². The number of fused-ring (bicyclic) bond motifs is 4. The Bertz CT molecular complexity index is 1090. The minimum atomic E-state index is -0.389. The fourth-order valence-electron chi connectivity index (χ4n) is 4.90. The van der Waals surface area contributed by atoms with Gasteiger partial charge in [0.1, 0.15) is 0 Å². The molecule has 1 fully saturated rings. The normalized spacial score (nSPS) is 21.2. The van der Waals surface area contributed by atoms with Crippen molar-refractivity contribution in [1.29, 1.82) is 0 Å². The smallest absolute Gasteiger partial charge is 0.254 e. The standard InChI is InChI=1S/C22H22N4O2/c23-21(27)14-3-6-16-13(10-14)5-8-20-17(16)2-1-9-26(20)22(28)15-4-7-18-19(11-15)25-12-24-18/h3-4,6-7,10-12,17,20H,1-2,5,8-9H2,(H2,23,27)(H,24,25)/t17-,20+/m0/s1. The number of benzene rings is 2. The maximum atomic E-state index is 13.3. The lowest BCUT2D eigenvalue weighted by Crippen LogP contribution is -2.49. The van der Waals surface area contributed by atoms with E-state index in [4.69, 9.17) is 5.73 Å². The van der Waals surface area contributed by atoms with E-state index in [2.05, 4.69) is 14.9 Å². The van der Waals surface area contributed by atoms with Crippen molar-refractivity contribution in [2.24, 2.45) is 5.73 Å². The van der Waals surface area contributed by atoms with Gasteiger partial charge in [-0.3, -0.25) is 9.59 Å². The third-order valence-electron chi connectivity index (χ3n) is 6.24. The maximum Gasteiger partial charge on any atom is 0.254 e. The Morgan fingerprint density at radius 2 is 1.96 bits per heavy atom. The molecule has 6 nitrogen and oxygen atoms in total. The van der Waals surface area contributed by atoms with E-state index in [9.17, 15) is 9.59 Å². The number of nitrogens with two attached hydrogens (primary N) is 1. The number of primary amides is 1. The number of nitrogens with one attached hydrogen (secondary N) is 1. The van der Waals surface area contributed by atoms with Crippen molar-refractivity contribution in [2.45, 2.75) is 37.6 Å². The number of aromatic amines is 1. The number of aromatic nitrogens is 2. The third-order valence-corrected chi connectivity index (χ3v) is 6.24. The summed E-state index contributed by atoms with van der Waals surface area (Å²) in [5.74, 6) is 0.0160. The lowest BCUT2D eigenvalue weighted by Gasteiger charge is -2.45. The summed E-state index contributed by atoms with van der Waals surface area (Å²) in [4.78, 5) is 34.2. The highest BCUT2D eigenvalue weighted by Crippen LogP contribution is 2.41. The van der Waals surface area contributed by atoms with Gasteiger partial charge in [0.2, 0.25) is 5.91 Å². The van der Waals surface area contributed by atoms with Gasteiger partial charge < -0.3 is 15.6 Å². The molecule has 0 radical (unpaired) electrons. The molecule has 0 spiro atoms. The molecule has 142 valence electrons. The zero-order valence-electron chi connectivity index (χ0n) is 15.5. The van der Waals surface area contributed by atoms with Gasteiger partial charge in [-0.2, -0.15) is 0 Å². The SMILES string of the molecule is NC(=O)c1ccc2c(c1)CC[C@@H]1[C@H]2CCCN1C(=O)c1ccc2nc[nH]c2c1. The molecule has 1 aliphatic carbocycles. The number of hydrogen-bond donors (Lipinski definition) is 2. The second kappa shape index (κ2) is 6.48. The molecule has 1 aliphatic heterocycles. The first kappa shape index (κ1) is 17.0. The second-order valence-electron chi connectivity index (χ2n) is 7.77.